The number of nitrogens with zero attached hydrogens (tertiary/aromatic N) is 1. The van der Waals surface area contributed by atoms with Gasteiger partial charge in [-0.15, -0.1) is 0 Å². The first-order valence-corrected chi connectivity index (χ1v) is 16.0. The third-order valence-electron chi connectivity index (χ3n) is 6.68. The number of primary amides is 1. The summed E-state index contributed by atoms with van der Waals surface area (Å²) in [4.78, 5) is 13.5. The van der Waals surface area contributed by atoms with Crippen molar-refractivity contribution in [2.24, 2.45) is 11.7 Å². The van der Waals surface area contributed by atoms with Crippen LogP contribution in [0.25, 0.3) is 0 Å². The summed E-state index contributed by atoms with van der Waals surface area (Å²) >= 11 is 0. The van der Waals surface area contributed by atoms with Gasteiger partial charge in [0.25, 0.3) is 0 Å². The van der Waals surface area contributed by atoms with Crippen LogP contribution in [0, 0.1) is 5.92 Å². The molecule has 39 heavy (non-hydrogen) atoms. The lowest BCUT2D eigenvalue weighted by atomic mass is 9.96. The highest BCUT2D eigenvalue weighted by molar-refractivity contribution is 7.92. The molecule has 11 nitrogen and oxygen atoms in total. The van der Waals surface area contributed by atoms with Crippen LogP contribution in [0.5, 0.6) is 11.5 Å². The lowest BCUT2D eigenvalue weighted by Crippen LogP contribution is -2.39. The van der Waals surface area contributed by atoms with Crippen molar-refractivity contribution in [3.05, 3.63) is 42.0 Å². The Labute approximate surface area is 231 Å². The number of nitrogens with two attached hydrogens (primary N) is 1. The maximum atomic E-state index is 13.5. The Morgan fingerprint density at radius 1 is 1.03 bits per heavy atom. The highest BCUT2D eigenvalue weighted by Gasteiger charge is 2.28. The van der Waals surface area contributed by atoms with E-state index in [0.717, 1.165) is 5.56 Å². The molecule has 1 amide bonds. The molecule has 0 aromatic heterocycles. The molecular weight excluding hydrogens is 544 g/mol. The minimum atomic E-state index is -4.04. The zero-order valence-corrected chi connectivity index (χ0v) is 24.2. The largest absolute Gasteiger partial charge is 0.493 e. The molecule has 4 N–H and O–H groups in total. The fourth-order valence-corrected chi connectivity index (χ4v) is 7.01. The van der Waals surface area contributed by atoms with Gasteiger partial charge in [0.15, 0.2) is 11.5 Å². The second kappa shape index (κ2) is 13.4. The topological polar surface area (TPSA) is 157 Å². The van der Waals surface area contributed by atoms with E-state index < -0.39 is 20.0 Å². The Kier molecular flexibility index (Phi) is 10.4. The molecular formula is C26H38N4O7S2. The van der Waals surface area contributed by atoms with Gasteiger partial charge in [0.1, 0.15) is 4.90 Å². The van der Waals surface area contributed by atoms with Crippen LogP contribution in [0.2, 0.25) is 0 Å². The van der Waals surface area contributed by atoms with E-state index in [4.69, 9.17) is 15.2 Å². The van der Waals surface area contributed by atoms with Gasteiger partial charge >= 0.3 is 0 Å². The molecule has 1 saturated heterocycles. The molecule has 1 fully saturated rings. The summed E-state index contributed by atoms with van der Waals surface area (Å²) < 4.78 is 67.8. The number of carbonyl (C=O) groups excluding carboxylic acids is 1. The fourth-order valence-electron chi connectivity index (χ4n) is 4.47. The van der Waals surface area contributed by atoms with Gasteiger partial charge < -0.3 is 20.1 Å². The van der Waals surface area contributed by atoms with Gasteiger partial charge in [-0.2, -0.15) is 0 Å². The molecule has 3 rings (SSSR count). The molecule has 0 saturated carbocycles. The summed E-state index contributed by atoms with van der Waals surface area (Å²) in [7, 11) is -4.60. The molecule has 216 valence electrons. The van der Waals surface area contributed by atoms with Crippen molar-refractivity contribution in [3.63, 3.8) is 0 Å². The quantitative estimate of drug-likeness (QED) is 0.307. The number of carbonyl (C=O) groups is 1. The van der Waals surface area contributed by atoms with Crippen LogP contribution >= 0.6 is 0 Å². The van der Waals surface area contributed by atoms with E-state index >= 15 is 0 Å². The van der Waals surface area contributed by atoms with Crippen LogP contribution in [-0.4, -0.2) is 62.3 Å². The molecule has 13 heteroatoms. The van der Waals surface area contributed by atoms with E-state index in [9.17, 15) is 21.6 Å². The second-order valence-corrected chi connectivity index (χ2v) is 13.0. The number of hydrogen-bond acceptors (Lipinski definition) is 8. The predicted octanol–water partition coefficient (Wildman–Crippen LogP) is 2.47. The Morgan fingerprint density at radius 3 is 2.33 bits per heavy atom. The average molecular weight is 583 g/mol. The molecule has 1 aliphatic rings. The summed E-state index contributed by atoms with van der Waals surface area (Å²) in [6, 6.07) is 9.87. The first kappa shape index (κ1) is 30.5. The van der Waals surface area contributed by atoms with Crippen LogP contribution < -0.4 is 29.6 Å². The summed E-state index contributed by atoms with van der Waals surface area (Å²) in [6.45, 7) is 2.89. The molecule has 2 aromatic rings. The number of ether oxygens (including phenoxy) is 2. The van der Waals surface area contributed by atoms with Gasteiger partial charge in [0.2, 0.25) is 26.0 Å². The van der Waals surface area contributed by atoms with Crippen molar-refractivity contribution in [1.82, 2.24) is 4.72 Å². The smallest absolute Gasteiger partial charge is 0.242 e. The van der Waals surface area contributed by atoms with Crippen LogP contribution in [0.1, 0.15) is 38.2 Å². The zero-order chi connectivity index (χ0) is 28.6. The molecule has 0 spiro atoms. The van der Waals surface area contributed by atoms with Gasteiger partial charge in [0.05, 0.1) is 25.7 Å². The molecule has 2 aromatic carbocycles. The average Bonchev–Trinajstić information content (AvgIpc) is 2.91. The second-order valence-electron chi connectivity index (χ2n) is 9.46. The van der Waals surface area contributed by atoms with Gasteiger partial charge in [-0.1, -0.05) is 19.4 Å². The molecule has 0 aliphatic carbocycles. The van der Waals surface area contributed by atoms with Gasteiger partial charge in [-0.25, -0.2) is 21.6 Å². The molecule has 0 atom stereocenters. The SMILES string of the molecule is CCCCS(=O)(=O)Nc1ccc(N2CCC(C(N)=O)CC2)c(S(=O)(=O)NCCc2ccc(OC)c(OC)c2)c1. The van der Waals surface area contributed by atoms with Gasteiger partial charge in [0, 0.05) is 31.2 Å². The van der Waals surface area contributed by atoms with Crippen molar-refractivity contribution in [2.45, 2.75) is 43.9 Å². The summed E-state index contributed by atoms with van der Waals surface area (Å²) in [5, 5.41) is 0. The third-order valence-corrected chi connectivity index (χ3v) is 9.54. The summed E-state index contributed by atoms with van der Waals surface area (Å²) in [6.07, 6.45) is 2.61. The number of sulfonamides is 2. The molecule has 1 aliphatic heterocycles. The highest BCUT2D eigenvalue weighted by Crippen LogP contribution is 2.32. The lowest BCUT2D eigenvalue weighted by Gasteiger charge is -2.33. The monoisotopic (exact) mass is 582 g/mol. The van der Waals surface area contributed by atoms with Crippen molar-refractivity contribution < 1.29 is 31.1 Å². The lowest BCUT2D eigenvalue weighted by molar-refractivity contribution is -0.122. The number of rotatable bonds is 14. The van der Waals surface area contributed by atoms with Gasteiger partial charge in [-0.3, -0.25) is 9.52 Å². The van der Waals surface area contributed by atoms with E-state index in [1.54, 1.807) is 24.3 Å². The number of piperidine rings is 1. The Balaban J connectivity index is 1.85. The van der Waals surface area contributed by atoms with Crippen LogP contribution in [0.3, 0.4) is 0 Å². The van der Waals surface area contributed by atoms with E-state index in [2.05, 4.69) is 9.44 Å². The minimum Gasteiger partial charge on any atom is -0.493 e. The maximum absolute atomic E-state index is 13.5. The Hall–Kier alpha value is -3.03. The number of methoxy groups -OCH3 is 2. The number of anilines is 2. The number of amides is 1. The van der Waals surface area contributed by atoms with Crippen molar-refractivity contribution in [3.8, 4) is 11.5 Å². The number of nitrogens with one attached hydrogen (secondary N) is 2. The molecule has 1 heterocycles. The van der Waals surface area contributed by atoms with E-state index in [-0.39, 0.29) is 34.7 Å². The normalized spacial score (nSPS) is 14.7. The van der Waals surface area contributed by atoms with Crippen LogP contribution in [0.4, 0.5) is 11.4 Å². The predicted molar refractivity (Wildman–Crippen MR) is 151 cm³/mol. The summed E-state index contributed by atoms with van der Waals surface area (Å²) in [5.41, 5.74) is 6.91. The Bertz CT molecular complexity index is 1360. The standard InChI is InChI=1S/C26H38N4O7S2/c1-4-5-16-38(32,33)29-21-7-8-22(30-14-11-20(12-15-30)26(27)31)25(18-21)39(34,35)28-13-10-19-6-9-23(36-2)24(17-19)37-3/h6-9,17-18,20,28-29H,4-5,10-16H2,1-3H3,(H2,27,31). The summed E-state index contributed by atoms with van der Waals surface area (Å²) in [5.74, 6) is 0.437. The van der Waals surface area contributed by atoms with E-state index in [1.807, 2.05) is 17.9 Å². The highest BCUT2D eigenvalue weighted by atomic mass is 32.2. The molecule has 0 radical (unpaired) electrons. The van der Waals surface area contributed by atoms with Crippen LogP contribution in [0.15, 0.2) is 41.3 Å². The van der Waals surface area contributed by atoms with E-state index in [1.165, 1.54) is 20.3 Å². The minimum absolute atomic E-state index is 0.0389. The van der Waals surface area contributed by atoms with Crippen molar-refractivity contribution >= 4 is 37.3 Å². The molecule has 0 bridgehead atoms. The first-order chi connectivity index (χ1) is 18.5. The third kappa shape index (κ3) is 8.23. The van der Waals surface area contributed by atoms with Crippen LogP contribution in [-0.2, 0) is 31.3 Å². The number of benzene rings is 2. The molecule has 0 unspecified atom stereocenters. The van der Waals surface area contributed by atoms with E-state index in [0.29, 0.717) is 62.4 Å². The Morgan fingerprint density at radius 2 is 1.72 bits per heavy atom. The maximum Gasteiger partial charge on any atom is 0.242 e. The van der Waals surface area contributed by atoms with Gasteiger partial charge in [-0.05, 0) is 61.6 Å². The van der Waals surface area contributed by atoms with Crippen molar-refractivity contribution in [1.29, 1.82) is 0 Å². The number of hydrogen-bond donors (Lipinski definition) is 3. The zero-order valence-electron chi connectivity index (χ0n) is 22.6. The number of unbranched alkanes of at least 4 members (excludes halogenated alkanes) is 1. The fraction of sp³-hybridized carbons (Fsp3) is 0.500. The first-order valence-electron chi connectivity index (χ1n) is 12.9. The van der Waals surface area contributed by atoms with Crippen molar-refractivity contribution in [2.75, 3.05) is 49.2 Å².